The van der Waals surface area contributed by atoms with Gasteiger partial charge in [-0.2, -0.15) is 0 Å². The minimum atomic E-state index is -1.86. The molecule has 1 aromatic carbocycles. The molecule has 3 rings (SSSR count). The average molecular weight is 467 g/mol. The van der Waals surface area contributed by atoms with Crippen LogP contribution in [0.15, 0.2) is 12.1 Å². The molecule has 182 valence electrons. The van der Waals surface area contributed by atoms with Crippen molar-refractivity contribution in [1.82, 2.24) is 5.32 Å². The zero-order valence-corrected chi connectivity index (χ0v) is 18.1. The van der Waals surface area contributed by atoms with Crippen molar-refractivity contribution >= 4 is 17.8 Å². The Bertz CT molecular complexity index is 903. The van der Waals surface area contributed by atoms with Gasteiger partial charge in [-0.15, -0.1) is 0 Å². The lowest BCUT2D eigenvalue weighted by atomic mass is 9.91. The fraction of sp³-hybridized carbons (Fsp3) is 0.591. The molecule has 6 atom stereocenters. The van der Waals surface area contributed by atoms with Crippen molar-refractivity contribution < 1.29 is 49.4 Å². The number of amides is 1. The third-order valence-electron chi connectivity index (χ3n) is 6.09. The van der Waals surface area contributed by atoms with E-state index in [0.717, 1.165) is 24.0 Å². The summed E-state index contributed by atoms with van der Waals surface area (Å²) in [6.07, 6.45) is -6.86. The van der Waals surface area contributed by atoms with Crippen LogP contribution in [0.3, 0.4) is 0 Å². The number of carbonyl (C=O) groups is 3. The Morgan fingerprint density at radius 1 is 1.12 bits per heavy atom. The number of rotatable bonds is 9. The van der Waals surface area contributed by atoms with E-state index >= 15 is 0 Å². The number of carbonyl (C=O) groups excluding carboxylic acids is 1. The van der Waals surface area contributed by atoms with Gasteiger partial charge in [-0.05, 0) is 42.4 Å². The predicted molar refractivity (Wildman–Crippen MR) is 112 cm³/mol. The highest BCUT2D eigenvalue weighted by atomic mass is 16.7. The maximum atomic E-state index is 11.6. The van der Waals surface area contributed by atoms with Crippen molar-refractivity contribution in [1.29, 1.82) is 0 Å². The number of aliphatic carboxylic acids is 2. The average Bonchev–Trinajstić information content (AvgIpc) is 3.18. The standard InChI is InChI=1S/C22H29NO10/c1-2-14(24)23-8-7-11-4-3-10-5-6-13(12(16(10)11)9-15(25)26)32-22-19(29)17(27)18(28)20(33-22)21(30)31/h5-6,11,17-20,22,27-29H,2-4,7-9H2,1H3,(H,23,24)(H,25,26)(H,30,31)/t11-,17-,18-,19+,20-,22+/m0/s1. The number of hydrogen-bond acceptors (Lipinski definition) is 8. The number of aryl methyl sites for hydroxylation is 1. The number of benzene rings is 1. The molecule has 1 heterocycles. The van der Waals surface area contributed by atoms with Crippen LogP contribution in [-0.2, 0) is 32.0 Å². The van der Waals surface area contributed by atoms with Gasteiger partial charge in [0.05, 0.1) is 6.42 Å². The van der Waals surface area contributed by atoms with Gasteiger partial charge >= 0.3 is 11.9 Å². The summed E-state index contributed by atoms with van der Waals surface area (Å²) in [5.74, 6) is -2.67. The number of aliphatic hydroxyl groups is 3. The van der Waals surface area contributed by atoms with Gasteiger partial charge in [0, 0.05) is 18.5 Å². The van der Waals surface area contributed by atoms with E-state index in [2.05, 4.69) is 5.32 Å². The summed E-state index contributed by atoms with van der Waals surface area (Å²) < 4.78 is 10.9. The molecule has 1 fully saturated rings. The van der Waals surface area contributed by atoms with Crippen LogP contribution in [-0.4, -0.2) is 80.6 Å². The van der Waals surface area contributed by atoms with E-state index in [9.17, 15) is 39.9 Å². The molecule has 1 aromatic rings. The molecule has 0 aromatic heterocycles. The molecule has 33 heavy (non-hydrogen) atoms. The van der Waals surface area contributed by atoms with E-state index in [1.54, 1.807) is 13.0 Å². The fourth-order valence-electron chi connectivity index (χ4n) is 4.41. The second kappa shape index (κ2) is 10.5. The molecule has 0 bridgehead atoms. The van der Waals surface area contributed by atoms with Gasteiger partial charge in [-0.3, -0.25) is 9.59 Å². The molecule has 1 saturated heterocycles. The molecule has 1 aliphatic carbocycles. The number of carboxylic acid groups (broad SMARTS) is 2. The Morgan fingerprint density at radius 3 is 2.48 bits per heavy atom. The molecule has 1 amide bonds. The Balaban J connectivity index is 1.88. The molecule has 1 aliphatic heterocycles. The number of ether oxygens (including phenoxy) is 2. The zero-order valence-electron chi connectivity index (χ0n) is 18.1. The molecule has 0 spiro atoms. The second-order valence-electron chi connectivity index (χ2n) is 8.27. The van der Waals surface area contributed by atoms with Gasteiger partial charge in [-0.1, -0.05) is 13.0 Å². The van der Waals surface area contributed by atoms with Gasteiger partial charge in [0.15, 0.2) is 6.10 Å². The van der Waals surface area contributed by atoms with Crippen LogP contribution in [0.25, 0.3) is 0 Å². The van der Waals surface area contributed by atoms with Crippen molar-refractivity contribution in [2.24, 2.45) is 0 Å². The Morgan fingerprint density at radius 2 is 1.85 bits per heavy atom. The first-order chi connectivity index (χ1) is 15.6. The summed E-state index contributed by atoms with van der Waals surface area (Å²) in [7, 11) is 0. The lowest BCUT2D eigenvalue weighted by molar-refractivity contribution is -0.271. The summed E-state index contributed by atoms with van der Waals surface area (Å²) in [4.78, 5) is 34.5. The van der Waals surface area contributed by atoms with Gasteiger partial charge in [0.1, 0.15) is 24.1 Å². The highest BCUT2D eigenvalue weighted by Gasteiger charge is 2.48. The lowest BCUT2D eigenvalue weighted by Crippen LogP contribution is -2.61. The first kappa shape index (κ1) is 24.9. The smallest absolute Gasteiger partial charge is 0.335 e. The molecule has 2 aliphatic rings. The third-order valence-corrected chi connectivity index (χ3v) is 6.09. The largest absolute Gasteiger partial charge is 0.481 e. The number of hydrogen-bond donors (Lipinski definition) is 6. The summed E-state index contributed by atoms with van der Waals surface area (Å²) in [5.41, 5.74) is 2.11. The molecule has 11 nitrogen and oxygen atoms in total. The van der Waals surface area contributed by atoms with E-state index in [1.165, 1.54) is 6.07 Å². The Kier molecular flexibility index (Phi) is 7.90. The lowest BCUT2D eigenvalue weighted by Gasteiger charge is -2.38. The van der Waals surface area contributed by atoms with Crippen molar-refractivity contribution in [2.45, 2.75) is 75.7 Å². The first-order valence-electron chi connectivity index (χ1n) is 10.9. The number of nitrogens with one attached hydrogen (secondary N) is 1. The third kappa shape index (κ3) is 5.44. The predicted octanol–water partition coefficient (Wildman–Crippen LogP) is -0.469. The summed E-state index contributed by atoms with van der Waals surface area (Å²) in [5, 5.41) is 51.7. The van der Waals surface area contributed by atoms with E-state index in [1.807, 2.05) is 0 Å². The topological polar surface area (TPSA) is 183 Å². The number of carboxylic acids is 2. The molecular weight excluding hydrogens is 438 g/mol. The normalized spacial score (nSPS) is 28.7. The van der Waals surface area contributed by atoms with Crippen LogP contribution < -0.4 is 10.1 Å². The maximum absolute atomic E-state index is 11.6. The SMILES string of the molecule is CCC(=O)NCC[C@@H]1CCc2ccc(O[C@@H]3O[C@H](C(=O)O)[C@@H](O)[C@H](O)[C@H]3O)c(CC(=O)O)c21. The molecule has 11 heteroatoms. The minimum absolute atomic E-state index is 0.0218. The highest BCUT2D eigenvalue weighted by molar-refractivity contribution is 5.75. The van der Waals surface area contributed by atoms with E-state index < -0.39 is 42.6 Å². The summed E-state index contributed by atoms with van der Waals surface area (Å²) >= 11 is 0. The number of fused-ring (bicyclic) bond motifs is 1. The van der Waals surface area contributed by atoms with Crippen molar-refractivity contribution in [3.63, 3.8) is 0 Å². The van der Waals surface area contributed by atoms with Crippen LogP contribution in [0.2, 0.25) is 0 Å². The monoisotopic (exact) mass is 467 g/mol. The second-order valence-corrected chi connectivity index (χ2v) is 8.27. The van der Waals surface area contributed by atoms with E-state index in [-0.39, 0.29) is 24.0 Å². The number of aliphatic hydroxyl groups excluding tert-OH is 3. The van der Waals surface area contributed by atoms with Gasteiger partial charge in [-0.25, -0.2) is 4.79 Å². The molecule has 0 saturated carbocycles. The molecule has 0 radical (unpaired) electrons. The molecule has 6 N–H and O–H groups in total. The summed E-state index contributed by atoms with van der Waals surface area (Å²) in [6.45, 7) is 2.19. The van der Waals surface area contributed by atoms with Crippen LogP contribution >= 0.6 is 0 Å². The van der Waals surface area contributed by atoms with Crippen molar-refractivity contribution in [2.75, 3.05) is 6.54 Å². The quantitative estimate of drug-likeness (QED) is 0.278. The first-order valence-corrected chi connectivity index (χ1v) is 10.9. The Labute approximate surface area is 189 Å². The highest BCUT2D eigenvalue weighted by Crippen LogP contribution is 2.42. The van der Waals surface area contributed by atoms with Crippen LogP contribution in [0.1, 0.15) is 48.8 Å². The maximum Gasteiger partial charge on any atom is 0.335 e. The minimum Gasteiger partial charge on any atom is -0.481 e. The van der Waals surface area contributed by atoms with Crippen LogP contribution in [0.5, 0.6) is 5.75 Å². The molecular formula is C22H29NO10. The Hall–Kier alpha value is -2.73. The zero-order chi connectivity index (χ0) is 24.3. The fourth-order valence-corrected chi connectivity index (χ4v) is 4.41. The van der Waals surface area contributed by atoms with E-state index in [4.69, 9.17) is 9.47 Å². The summed E-state index contributed by atoms with van der Waals surface area (Å²) in [6, 6.07) is 3.30. The van der Waals surface area contributed by atoms with Gasteiger partial charge < -0.3 is 40.3 Å². The van der Waals surface area contributed by atoms with Gasteiger partial charge in [0.25, 0.3) is 0 Å². The molecule has 0 unspecified atom stereocenters. The van der Waals surface area contributed by atoms with Crippen molar-refractivity contribution in [3.8, 4) is 5.75 Å². The van der Waals surface area contributed by atoms with Gasteiger partial charge in [0.2, 0.25) is 12.2 Å². The van der Waals surface area contributed by atoms with Crippen LogP contribution in [0, 0.1) is 0 Å². The van der Waals surface area contributed by atoms with Crippen LogP contribution in [0.4, 0.5) is 0 Å². The van der Waals surface area contributed by atoms with E-state index in [0.29, 0.717) is 24.9 Å². The van der Waals surface area contributed by atoms with Crippen molar-refractivity contribution in [3.05, 3.63) is 28.8 Å².